The number of para-hydroxylation sites is 1. The number of hydrogen-bond donors (Lipinski definition) is 2. The molecule has 6 heteroatoms. The zero-order valence-corrected chi connectivity index (χ0v) is 13.7. The first-order valence-electron chi connectivity index (χ1n) is 7.06. The molecule has 0 spiro atoms. The number of amides is 1. The molecule has 0 radical (unpaired) electrons. The van der Waals surface area contributed by atoms with Crippen LogP contribution >= 0.6 is 24.0 Å². The van der Waals surface area contributed by atoms with Crippen molar-refractivity contribution in [2.24, 2.45) is 5.92 Å². The molecular formula is C15H22Cl2N2O2. The smallest absolute Gasteiger partial charge is 0.224 e. The molecule has 118 valence electrons. The fourth-order valence-corrected chi connectivity index (χ4v) is 2.44. The lowest BCUT2D eigenvalue weighted by Gasteiger charge is -2.23. The van der Waals surface area contributed by atoms with E-state index >= 15 is 0 Å². The summed E-state index contributed by atoms with van der Waals surface area (Å²) >= 11 is 6.03. The van der Waals surface area contributed by atoms with Crippen LogP contribution in [-0.2, 0) is 4.79 Å². The second kappa shape index (κ2) is 9.13. The highest BCUT2D eigenvalue weighted by Gasteiger charge is 2.21. The molecule has 2 atom stereocenters. The van der Waals surface area contributed by atoms with Crippen molar-refractivity contribution in [1.82, 2.24) is 10.6 Å². The van der Waals surface area contributed by atoms with Crippen LogP contribution in [0.2, 0.25) is 5.02 Å². The van der Waals surface area contributed by atoms with Crippen molar-refractivity contribution in [3.05, 3.63) is 29.3 Å². The average molecular weight is 333 g/mol. The van der Waals surface area contributed by atoms with E-state index in [4.69, 9.17) is 16.3 Å². The van der Waals surface area contributed by atoms with Crippen LogP contribution in [0.1, 0.15) is 19.8 Å². The predicted molar refractivity (Wildman–Crippen MR) is 87.4 cm³/mol. The lowest BCUT2D eigenvalue weighted by molar-refractivity contribution is -0.125. The Morgan fingerprint density at radius 3 is 2.95 bits per heavy atom. The number of benzene rings is 1. The summed E-state index contributed by atoms with van der Waals surface area (Å²) < 4.78 is 5.72. The van der Waals surface area contributed by atoms with Gasteiger partial charge in [0.2, 0.25) is 5.91 Å². The third-order valence-electron chi connectivity index (χ3n) is 3.40. The summed E-state index contributed by atoms with van der Waals surface area (Å²) in [5, 5.41) is 6.77. The summed E-state index contributed by atoms with van der Waals surface area (Å²) in [5.41, 5.74) is 0. The Hall–Kier alpha value is -0.970. The molecule has 2 unspecified atom stereocenters. The molecule has 4 nitrogen and oxygen atoms in total. The molecule has 0 saturated carbocycles. The Kier molecular flexibility index (Phi) is 7.86. The normalized spacial score (nSPS) is 19.2. The largest absolute Gasteiger partial charge is 0.487 e. The maximum absolute atomic E-state index is 12.0. The van der Waals surface area contributed by atoms with Gasteiger partial charge in [0.25, 0.3) is 0 Å². The minimum atomic E-state index is -0.115. The Balaban J connectivity index is 0.00000220. The van der Waals surface area contributed by atoms with Gasteiger partial charge in [-0.05, 0) is 38.4 Å². The molecule has 1 fully saturated rings. The number of halogens is 2. The number of ether oxygens (including phenoxy) is 1. The number of carbonyl (C=O) groups excluding carboxylic acids is 1. The van der Waals surface area contributed by atoms with Crippen molar-refractivity contribution < 1.29 is 9.53 Å². The first kappa shape index (κ1) is 18.1. The van der Waals surface area contributed by atoms with Crippen LogP contribution in [0.4, 0.5) is 0 Å². The molecule has 1 saturated heterocycles. The highest BCUT2D eigenvalue weighted by Crippen LogP contribution is 2.24. The summed E-state index contributed by atoms with van der Waals surface area (Å²) in [5.74, 6) is 0.832. The molecule has 1 amide bonds. The molecule has 1 heterocycles. The van der Waals surface area contributed by atoms with Gasteiger partial charge in [-0.3, -0.25) is 4.79 Å². The number of nitrogens with one attached hydrogen (secondary N) is 2. The van der Waals surface area contributed by atoms with Gasteiger partial charge in [-0.25, -0.2) is 0 Å². The van der Waals surface area contributed by atoms with Gasteiger partial charge in [0, 0.05) is 6.54 Å². The van der Waals surface area contributed by atoms with E-state index in [1.165, 1.54) is 0 Å². The second-order valence-electron chi connectivity index (χ2n) is 5.15. The summed E-state index contributed by atoms with van der Waals surface area (Å²) in [6, 6.07) is 7.35. The van der Waals surface area contributed by atoms with Crippen molar-refractivity contribution >= 4 is 29.9 Å². The third kappa shape index (κ3) is 5.73. The topological polar surface area (TPSA) is 50.4 Å². The number of carbonyl (C=O) groups is 1. The van der Waals surface area contributed by atoms with E-state index in [1.54, 1.807) is 6.07 Å². The highest BCUT2D eigenvalue weighted by molar-refractivity contribution is 6.32. The summed E-state index contributed by atoms with van der Waals surface area (Å²) in [6.45, 7) is 4.19. The van der Waals surface area contributed by atoms with E-state index in [0.29, 0.717) is 17.3 Å². The molecule has 1 aliphatic rings. The first-order valence-corrected chi connectivity index (χ1v) is 7.44. The molecule has 2 N–H and O–H groups in total. The maximum Gasteiger partial charge on any atom is 0.224 e. The minimum absolute atomic E-state index is 0. The molecular weight excluding hydrogens is 311 g/mol. The van der Waals surface area contributed by atoms with Gasteiger partial charge in [-0.15, -0.1) is 12.4 Å². The maximum atomic E-state index is 12.0. The molecule has 0 aliphatic carbocycles. The molecule has 1 aliphatic heterocycles. The van der Waals surface area contributed by atoms with Crippen molar-refractivity contribution in [2.75, 3.05) is 19.6 Å². The van der Waals surface area contributed by atoms with Gasteiger partial charge < -0.3 is 15.4 Å². The third-order valence-corrected chi connectivity index (χ3v) is 3.71. The van der Waals surface area contributed by atoms with Crippen molar-refractivity contribution in [1.29, 1.82) is 0 Å². The van der Waals surface area contributed by atoms with Gasteiger partial charge in [0.05, 0.1) is 17.5 Å². The summed E-state index contributed by atoms with van der Waals surface area (Å²) in [4.78, 5) is 12.0. The number of rotatable bonds is 5. The Morgan fingerprint density at radius 2 is 2.29 bits per heavy atom. The van der Waals surface area contributed by atoms with E-state index < -0.39 is 0 Å². The zero-order valence-electron chi connectivity index (χ0n) is 12.1. The van der Waals surface area contributed by atoms with Crippen LogP contribution in [0.15, 0.2) is 24.3 Å². The first-order chi connectivity index (χ1) is 9.66. The minimum Gasteiger partial charge on any atom is -0.487 e. The molecule has 0 bridgehead atoms. The van der Waals surface area contributed by atoms with Crippen LogP contribution in [0.5, 0.6) is 5.75 Å². The Labute approximate surface area is 137 Å². The molecule has 0 aromatic heterocycles. The van der Waals surface area contributed by atoms with Crippen LogP contribution < -0.4 is 15.4 Å². The lowest BCUT2D eigenvalue weighted by Crippen LogP contribution is -2.43. The molecule has 1 aromatic rings. The van der Waals surface area contributed by atoms with Crippen LogP contribution in [-0.4, -0.2) is 31.6 Å². The van der Waals surface area contributed by atoms with Gasteiger partial charge in [-0.2, -0.15) is 0 Å². The van der Waals surface area contributed by atoms with E-state index in [0.717, 1.165) is 25.9 Å². The van der Waals surface area contributed by atoms with E-state index in [9.17, 15) is 4.79 Å². The summed E-state index contributed by atoms with van der Waals surface area (Å²) in [6.07, 6.45) is 1.90. The van der Waals surface area contributed by atoms with Gasteiger partial charge in [0.1, 0.15) is 11.9 Å². The van der Waals surface area contributed by atoms with Gasteiger partial charge in [-0.1, -0.05) is 23.7 Å². The highest BCUT2D eigenvalue weighted by atomic mass is 35.5. The average Bonchev–Trinajstić information content (AvgIpc) is 2.48. The van der Waals surface area contributed by atoms with Gasteiger partial charge in [0.15, 0.2) is 0 Å². The molecule has 1 aromatic carbocycles. The Bertz CT molecular complexity index is 451. The Morgan fingerprint density at radius 1 is 1.52 bits per heavy atom. The monoisotopic (exact) mass is 332 g/mol. The van der Waals surface area contributed by atoms with Crippen molar-refractivity contribution in [3.8, 4) is 5.75 Å². The van der Waals surface area contributed by atoms with E-state index in [-0.39, 0.29) is 30.3 Å². The SMILES string of the molecule is CC(CNC(=O)C1CCCNC1)Oc1ccccc1Cl.Cl. The van der Waals surface area contributed by atoms with Crippen molar-refractivity contribution in [2.45, 2.75) is 25.9 Å². The summed E-state index contributed by atoms with van der Waals surface area (Å²) in [7, 11) is 0. The van der Waals surface area contributed by atoms with Gasteiger partial charge >= 0.3 is 0 Å². The zero-order chi connectivity index (χ0) is 14.4. The fourth-order valence-electron chi connectivity index (χ4n) is 2.26. The standard InChI is InChI=1S/C15H21ClN2O2.ClH/c1-11(20-14-7-3-2-6-13(14)16)9-18-15(19)12-5-4-8-17-10-12;/h2-3,6-7,11-12,17H,4-5,8-10H2,1H3,(H,18,19);1H. The van der Waals surface area contributed by atoms with E-state index in [1.807, 2.05) is 25.1 Å². The fraction of sp³-hybridized carbons (Fsp3) is 0.533. The van der Waals surface area contributed by atoms with Crippen LogP contribution in [0.3, 0.4) is 0 Å². The van der Waals surface area contributed by atoms with Crippen LogP contribution in [0, 0.1) is 5.92 Å². The van der Waals surface area contributed by atoms with Crippen LogP contribution in [0.25, 0.3) is 0 Å². The molecule has 21 heavy (non-hydrogen) atoms. The quantitative estimate of drug-likeness (QED) is 0.871. The van der Waals surface area contributed by atoms with Crippen molar-refractivity contribution in [3.63, 3.8) is 0 Å². The predicted octanol–water partition coefficient (Wildman–Crippen LogP) is 2.64. The lowest BCUT2D eigenvalue weighted by atomic mass is 9.99. The second-order valence-corrected chi connectivity index (χ2v) is 5.55. The number of piperidine rings is 1. The molecule has 2 rings (SSSR count). The number of hydrogen-bond acceptors (Lipinski definition) is 3. The van der Waals surface area contributed by atoms with E-state index in [2.05, 4.69) is 10.6 Å².